The highest BCUT2D eigenvalue weighted by atomic mass is 19.1. The Bertz CT molecular complexity index is 1050. The van der Waals surface area contributed by atoms with Crippen molar-refractivity contribution < 1.29 is 4.39 Å². The third-order valence-electron chi connectivity index (χ3n) is 4.13. The van der Waals surface area contributed by atoms with Crippen LogP contribution in [0.2, 0.25) is 0 Å². The molecule has 0 saturated carbocycles. The predicted molar refractivity (Wildman–Crippen MR) is 99.0 cm³/mol. The fourth-order valence-electron chi connectivity index (χ4n) is 2.72. The number of nitrogens with one attached hydrogen (secondary N) is 1. The van der Waals surface area contributed by atoms with Crippen molar-refractivity contribution >= 4 is 16.6 Å². The molecule has 0 radical (unpaired) electrons. The van der Waals surface area contributed by atoms with Crippen LogP contribution in [0.5, 0.6) is 0 Å². The van der Waals surface area contributed by atoms with E-state index in [0.29, 0.717) is 12.4 Å². The molecule has 0 aliphatic carbocycles. The summed E-state index contributed by atoms with van der Waals surface area (Å²) in [6.45, 7) is 2.40. The normalized spacial score (nSPS) is 10.8. The van der Waals surface area contributed by atoms with E-state index < -0.39 is 0 Å². The molecule has 1 N–H and O–H groups in total. The maximum Gasteiger partial charge on any atom is 0.156 e. The Labute approximate surface area is 149 Å². The van der Waals surface area contributed by atoms with E-state index in [1.165, 1.54) is 12.1 Å². The zero-order valence-electron chi connectivity index (χ0n) is 14.1. The number of anilines is 1. The standard InChI is InChI=1S/C20H16FN5/c1-13-2-9-18(25-24-13)12-22-20-19-10-15(3-4-16(19)11-23-26-20)14-5-7-17(21)8-6-14/h2-11H,12H2,1H3,(H,22,26). The summed E-state index contributed by atoms with van der Waals surface area (Å²) < 4.78 is 13.2. The summed E-state index contributed by atoms with van der Waals surface area (Å²) in [6, 6.07) is 16.3. The SMILES string of the molecule is Cc1ccc(CNc2nncc3ccc(-c4ccc(F)cc4)cc23)nn1. The van der Waals surface area contributed by atoms with Gasteiger partial charge in [0.1, 0.15) is 5.82 Å². The molecule has 0 spiro atoms. The summed E-state index contributed by atoms with van der Waals surface area (Å²) in [6.07, 6.45) is 1.72. The van der Waals surface area contributed by atoms with Gasteiger partial charge in [0.05, 0.1) is 24.1 Å². The maximum atomic E-state index is 13.2. The lowest BCUT2D eigenvalue weighted by Gasteiger charge is -2.09. The van der Waals surface area contributed by atoms with Gasteiger partial charge in [0.25, 0.3) is 0 Å². The highest BCUT2D eigenvalue weighted by molar-refractivity contribution is 5.94. The minimum atomic E-state index is -0.248. The van der Waals surface area contributed by atoms with Gasteiger partial charge in [0.15, 0.2) is 5.82 Å². The smallest absolute Gasteiger partial charge is 0.156 e. The van der Waals surface area contributed by atoms with Gasteiger partial charge >= 0.3 is 0 Å². The van der Waals surface area contributed by atoms with Gasteiger partial charge in [-0.25, -0.2) is 4.39 Å². The molecule has 0 fully saturated rings. The molecule has 128 valence electrons. The van der Waals surface area contributed by atoms with Crippen molar-refractivity contribution in [3.8, 4) is 11.1 Å². The molecule has 0 amide bonds. The Kier molecular flexibility index (Phi) is 4.23. The molecular formula is C20H16FN5. The summed E-state index contributed by atoms with van der Waals surface area (Å²) in [5.41, 5.74) is 3.64. The molecule has 26 heavy (non-hydrogen) atoms. The van der Waals surface area contributed by atoms with E-state index in [-0.39, 0.29) is 5.82 Å². The monoisotopic (exact) mass is 345 g/mol. The first-order chi connectivity index (χ1) is 12.7. The van der Waals surface area contributed by atoms with Crippen molar-refractivity contribution in [1.82, 2.24) is 20.4 Å². The molecule has 0 unspecified atom stereocenters. The molecule has 0 saturated heterocycles. The summed E-state index contributed by atoms with van der Waals surface area (Å²) in [4.78, 5) is 0. The Morgan fingerprint density at radius 1 is 0.885 bits per heavy atom. The summed E-state index contributed by atoms with van der Waals surface area (Å²) >= 11 is 0. The van der Waals surface area contributed by atoms with Crippen LogP contribution in [-0.2, 0) is 6.54 Å². The molecule has 6 heteroatoms. The molecule has 0 aliphatic heterocycles. The largest absolute Gasteiger partial charge is 0.362 e. The first-order valence-electron chi connectivity index (χ1n) is 8.23. The molecule has 5 nitrogen and oxygen atoms in total. The van der Waals surface area contributed by atoms with Crippen molar-refractivity contribution in [3.63, 3.8) is 0 Å². The van der Waals surface area contributed by atoms with Crippen LogP contribution in [0.15, 0.2) is 60.8 Å². The van der Waals surface area contributed by atoms with Crippen molar-refractivity contribution in [1.29, 1.82) is 0 Å². The first kappa shape index (κ1) is 16.1. The fourth-order valence-corrected chi connectivity index (χ4v) is 2.72. The summed E-state index contributed by atoms with van der Waals surface area (Å²) in [5.74, 6) is 0.427. The zero-order chi connectivity index (χ0) is 17.9. The topological polar surface area (TPSA) is 63.6 Å². The molecule has 2 aromatic heterocycles. The van der Waals surface area contributed by atoms with E-state index >= 15 is 0 Å². The number of halogens is 1. The predicted octanol–water partition coefficient (Wildman–Crippen LogP) is 4.15. The fraction of sp³-hybridized carbons (Fsp3) is 0.100. The van der Waals surface area contributed by atoms with E-state index in [0.717, 1.165) is 33.3 Å². The van der Waals surface area contributed by atoms with Crippen molar-refractivity contribution in [2.24, 2.45) is 0 Å². The van der Waals surface area contributed by atoms with Gasteiger partial charge in [0, 0.05) is 10.8 Å². The summed E-state index contributed by atoms with van der Waals surface area (Å²) in [7, 11) is 0. The van der Waals surface area contributed by atoms with Crippen LogP contribution in [0.4, 0.5) is 10.2 Å². The Morgan fingerprint density at radius 3 is 2.46 bits per heavy atom. The maximum absolute atomic E-state index is 13.2. The quantitative estimate of drug-likeness (QED) is 0.602. The number of aryl methyl sites for hydroxylation is 1. The van der Waals surface area contributed by atoms with Crippen LogP contribution in [0.25, 0.3) is 21.9 Å². The Morgan fingerprint density at radius 2 is 1.69 bits per heavy atom. The molecule has 0 atom stereocenters. The van der Waals surface area contributed by atoms with Crippen LogP contribution in [0.1, 0.15) is 11.4 Å². The molecule has 4 rings (SSSR count). The first-order valence-corrected chi connectivity index (χ1v) is 8.23. The molecule has 2 heterocycles. The van der Waals surface area contributed by atoms with E-state index in [9.17, 15) is 4.39 Å². The third kappa shape index (κ3) is 3.35. The number of hydrogen-bond acceptors (Lipinski definition) is 5. The van der Waals surface area contributed by atoms with Crippen molar-refractivity contribution in [2.45, 2.75) is 13.5 Å². The average Bonchev–Trinajstić information content (AvgIpc) is 2.68. The van der Waals surface area contributed by atoms with Crippen LogP contribution in [0, 0.1) is 12.7 Å². The Hall–Kier alpha value is -3.41. The number of hydrogen-bond donors (Lipinski definition) is 1. The van der Waals surface area contributed by atoms with Gasteiger partial charge in [-0.1, -0.05) is 24.3 Å². The van der Waals surface area contributed by atoms with Crippen LogP contribution < -0.4 is 5.32 Å². The van der Waals surface area contributed by atoms with Gasteiger partial charge in [0.2, 0.25) is 0 Å². The summed E-state index contributed by atoms with van der Waals surface area (Å²) in [5, 5.41) is 21.7. The second-order valence-corrected chi connectivity index (χ2v) is 6.02. The average molecular weight is 345 g/mol. The lowest BCUT2D eigenvalue weighted by atomic mass is 10.0. The number of fused-ring (bicyclic) bond motifs is 1. The van der Waals surface area contributed by atoms with Gasteiger partial charge in [-0.3, -0.25) is 0 Å². The highest BCUT2D eigenvalue weighted by Gasteiger charge is 2.07. The van der Waals surface area contributed by atoms with E-state index in [4.69, 9.17) is 0 Å². The molecule has 4 aromatic rings. The minimum Gasteiger partial charge on any atom is -0.362 e. The van der Waals surface area contributed by atoms with Crippen LogP contribution in [-0.4, -0.2) is 20.4 Å². The Balaban J connectivity index is 1.66. The van der Waals surface area contributed by atoms with Gasteiger partial charge in [-0.05, 0) is 48.4 Å². The van der Waals surface area contributed by atoms with Crippen molar-refractivity contribution in [2.75, 3.05) is 5.32 Å². The van der Waals surface area contributed by atoms with Gasteiger partial charge < -0.3 is 5.32 Å². The second kappa shape index (κ2) is 6.84. The number of rotatable bonds is 4. The number of aromatic nitrogens is 4. The van der Waals surface area contributed by atoms with Crippen molar-refractivity contribution in [3.05, 3.63) is 78.0 Å². The minimum absolute atomic E-state index is 0.248. The van der Waals surface area contributed by atoms with E-state index in [1.807, 2.05) is 37.3 Å². The lowest BCUT2D eigenvalue weighted by molar-refractivity contribution is 0.628. The van der Waals surface area contributed by atoms with E-state index in [2.05, 4.69) is 25.7 Å². The van der Waals surface area contributed by atoms with E-state index in [1.54, 1.807) is 18.3 Å². The second-order valence-electron chi connectivity index (χ2n) is 6.02. The molecule has 2 aromatic carbocycles. The third-order valence-corrected chi connectivity index (χ3v) is 4.13. The molecule has 0 aliphatic rings. The number of nitrogens with zero attached hydrogens (tertiary/aromatic N) is 4. The van der Waals surface area contributed by atoms with Crippen LogP contribution >= 0.6 is 0 Å². The molecular weight excluding hydrogens is 329 g/mol. The van der Waals surface area contributed by atoms with Crippen LogP contribution in [0.3, 0.4) is 0 Å². The van der Waals surface area contributed by atoms with Gasteiger partial charge in [-0.15, -0.1) is 5.10 Å². The lowest BCUT2D eigenvalue weighted by Crippen LogP contribution is -2.05. The van der Waals surface area contributed by atoms with Gasteiger partial charge in [-0.2, -0.15) is 15.3 Å². The highest BCUT2D eigenvalue weighted by Crippen LogP contribution is 2.27. The zero-order valence-corrected chi connectivity index (χ0v) is 14.1. The molecule has 0 bridgehead atoms. The number of benzene rings is 2.